The van der Waals surface area contributed by atoms with E-state index in [0.717, 1.165) is 24.3 Å². The predicted molar refractivity (Wildman–Crippen MR) is 121 cm³/mol. The lowest BCUT2D eigenvalue weighted by molar-refractivity contribution is -0.384. The number of nitrogens with two attached hydrogens (primary N) is 1. The molecule has 0 unspecified atom stereocenters. The Bertz CT molecular complexity index is 1290. The van der Waals surface area contributed by atoms with E-state index in [9.17, 15) is 28.7 Å². The number of aromatic nitrogens is 4. The Morgan fingerprint density at radius 2 is 1.94 bits per heavy atom. The summed E-state index contributed by atoms with van der Waals surface area (Å²) in [5.74, 6) is 0.828. The molecule has 182 valence electrons. The highest BCUT2D eigenvalue weighted by Gasteiger charge is 2.44. The Morgan fingerprint density at radius 1 is 1.21 bits per heavy atom. The summed E-state index contributed by atoms with van der Waals surface area (Å²) in [5.41, 5.74) is 6.29. The van der Waals surface area contributed by atoms with E-state index in [1.807, 2.05) is 0 Å². The molecule has 0 saturated carbocycles. The number of sulfonamides is 1. The van der Waals surface area contributed by atoms with E-state index in [1.165, 1.54) is 29.0 Å². The van der Waals surface area contributed by atoms with Gasteiger partial charge < -0.3 is 20.7 Å². The van der Waals surface area contributed by atoms with Crippen molar-refractivity contribution in [1.29, 1.82) is 0 Å². The number of anilines is 1. The number of rotatable bonds is 9. The standard InChI is InChI=1S/C18H21N7O7S2/c19-16-13-17(21-8-20-16)24(9-22-13)18-15(27)14(26)12(32-18)7-33-6-5-23-34(30,31)11-3-1-10(2-4-11)25(28)29/h1-4,8-9,12,14-15,18,23,26-27H,5-7H2,(H2,19,20,21)/t12-,14-,15-,18-/m1/s1. The number of non-ortho nitro benzene ring substituents is 1. The monoisotopic (exact) mass is 511 g/mol. The number of hydrogen-bond donors (Lipinski definition) is 4. The van der Waals surface area contributed by atoms with Gasteiger partial charge in [0.15, 0.2) is 17.7 Å². The lowest BCUT2D eigenvalue weighted by atomic mass is 10.1. The molecule has 1 aromatic carbocycles. The van der Waals surface area contributed by atoms with Crippen molar-refractivity contribution in [2.24, 2.45) is 0 Å². The van der Waals surface area contributed by atoms with Gasteiger partial charge in [0, 0.05) is 30.2 Å². The predicted octanol–water partition coefficient (Wildman–Crippen LogP) is -0.352. The minimum Gasteiger partial charge on any atom is -0.387 e. The molecule has 0 spiro atoms. The molecule has 3 heterocycles. The number of fused-ring (bicyclic) bond motifs is 1. The normalized spacial score (nSPS) is 22.9. The number of benzene rings is 1. The number of nitrogen functional groups attached to an aromatic ring is 1. The van der Waals surface area contributed by atoms with Gasteiger partial charge in [-0.2, -0.15) is 11.8 Å². The average molecular weight is 512 g/mol. The second-order valence-electron chi connectivity index (χ2n) is 7.35. The van der Waals surface area contributed by atoms with Crippen LogP contribution in [0.4, 0.5) is 11.5 Å². The maximum atomic E-state index is 12.3. The van der Waals surface area contributed by atoms with Gasteiger partial charge in [-0.1, -0.05) is 0 Å². The SMILES string of the molecule is Nc1ncnc2c1ncn2[C@@H]1O[C@H](CSCCNS(=O)(=O)c2ccc([N+](=O)[O-])cc2)[C@@H](O)[C@H]1O. The van der Waals surface area contributed by atoms with Crippen molar-refractivity contribution >= 4 is 44.5 Å². The number of aliphatic hydroxyl groups excluding tert-OH is 2. The van der Waals surface area contributed by atoms with Gasteiger partial charge in [-0.3, -0.25) is 14.7 Å². The second-order valence-corrected chi connectivity index (χ2v) is 10.3. The number of nitrogens with zero attached hydrogens (tertiary/aromatic N) is 5. The molecule has 16 heteroatoms. The molecule has 0 bridgehead atoms. The zero-order chi connectivity index (χ0) is 24.5. The highest BCUT2D eigenvalue weighted by atomic mass is 32.2. The number of nitro groups is 1. The van der Waals surface area contributed by atoms with Crippen molar-refractivity contribution in [3.05, 3.63) is 47.0 Å². The van der Waals surface area contributed by atoms with E-state index in [4.69, 9.17) is 10.5 Å². The van der Waals surface area contributed by atoms with Gasteiger partial charge in [-0.05, 0) is 12.1 Å². The van der Waals surface area contributed by atoms with E-state index in [1.54, 1.807) is 0 Å². The topological polar surface area (TPSA) is 209 Å². The van der Waals surface area contributed by atoms with Crippen LogP contribution in [0.2, 0.25) is 0 Å². The van der Waals surface area contributed by atoms with E-state index < -0.39 is 39.5 Å². The molecule has 3 aromatic rings. The van der Waals surface area contributed by atoms with Crippen molar-refractivity contribution < 1.29 is 28.3 Å². The summed E-state index contributed by atoms with van der Waals surface area (Å²) in [6.45, 7) is 0.0845. The number of imidazole rings is 1. The minimum atomic E-state index is -3.82. The number of nitrogens with one attached hydrogen (secondary N) is 1. The van der Waals surface area contributed by atoms with Crippen LogP contribution in [0.25, 0.3) is 11.2 Å². The number of thioether (sulfide) groups is 1. The van der Waals surface area contributed by atoms with Gasteiger partial charge in [-0.25, -0.2) is 28.1 Å². The maximum absolute atomic E-state index is 12.3. The van der Waals surface area contributed by atoms with E-state index in [0.29, 0.717) is 16.9 Å². The molecule has 0 amide bonds. The second kappa shape index (κ2) is 9.77. The summed E-state index contributed by atoms with van der Waals surface area (Å²) < 4.78 is 34.4. The number of aliphatic hydroxyl groups is 2. The van der Waals surface area contributed by atoms with E-state index in [2.05, 4.69) is 19.7 Å². The van der Waals surface area contributed by atoms with Crippen LogP contribution in [-0.2, 0) is 14.8 Å². The maximum Gasteiger partial charge on any atom is 0.269 e. The summed E-state index contributed by atoms with van der Waals surface area (Å²) in [4.78, 5) is 22.1. The summed E-state index contributed by atoms with van der Waals surface area (Å²) in [7, 11) is -3.82. The minimum absolute atomic E-state index is 0.0828. The molecule has 34 heavy (non-hydrogen) atoms. The molecular weight excluding hydrogens is 490 g/mol. The third kappa shape index (κ3) is 4.82. The Morgan fingerprint density at radius 3 is 2.65 bits per heavy atom. The fourth-order valence-corrected chi connectivity index (χ4v) is 5.51. The number of nitro benzene ring substituents is 1. The van der Waals surface area contributed by atoms with Crippen LogP contribution in [0.5, 0.6) is 0 Å². The van der Waals surface area contributed by atoms with Crippen LogP contribution in [0.15, 0.2) is 41.8 Å². The first kappa shape index (κ1) is 24.2. The zero-order valence-corrected chi connectivity index (χ0v) is 19.1. The summed E-state index contributed by atoms with van der Waals surface area (Å²) in [5, 5.41) is 31.6. The van der Waals surface area contributed by atoms with Crippen LogP contribution in [0.3, 0.4) is 0 Å². The highest BCUT2D eigenvalue weighted by Crippen LogP contribution is 2.33. The third-order valence-corrected chi connectivity index (χ3v) is 7.71. The molecule has 1 aliphatic rings. The summed E-state index contributed by atoms with van der Waals surface area (Å²) in [6.07, 6.45) is -1.39. The lowest BCUT2D eigenvalue weighted by Crippen LogP contribution is -2.33. The summed E-state index contributed by atoms with van der Waals surface area (Å²) in [6, 6.07) is 4.56. The quantitative estimate of drug-likeness (QED) is 0.165. The molecule has 2 aromatic heterocycles. The average Bonchev–Trinajstić information content (AvgIpc) is 3.36. The van der Waals surface area contributed by atoms with E-state index >= 15 is 0 Å². The fourth-order valence-electron chi connectivity index (χ4n) is 3.43. The Hall–Kier alpha value is -2.89. The molecule has 4 rings (SSSR count). The molecule has 0 aliphatic carbocycles. The first-order valence-electron chi connectivity index (χ1n) is 9.95. The first-order chi connectivity index (χ1) is 16.2. The molecule has 5 N–H and O–H groups in total. The van der Waals surface area contributed by atoms with Gasteiger partial charge in [0.25, 0.3) is 5.69 Å². The third-order valence-electron chi connectivity index (χ3n) is 5.18. The Labute approximate surface area is 197 Å². The van der Waals surface area contributed by atoms with Crippen LogP contribution in [0, 0.1) is 10.1 Å². The molecule has 1 saturated heterocycles. The molecule has 14 nitrogen and oxygen atoms in total. The van der Waals surface area contributed by atoms with Crippen molar-refractivity contribution in [1.82, 2.24) is 24.2 Å². The van der Waals surface area contributed by atoms with Gasteiger partial charge >= 0.3 is 0 Å². The number of ether oxygens (including phenoxy) is 1. The molecular formula is C18H21N7O7S2. The summed E-state index contributed by atoms with van der Waals surface area (Å²) >= 11 is 1.32. The van der Waals surface area contributed by atoms with E-state index in [-0.39, 0.29) is 28.7 Å². The van der Waals surface area contributed by atoms with Crippen molar-refractivity contribution in [2.45, 2.75) is 29.4 Å². The Balaban J connectivity index is 1.29. The highest BCUT2D eigenvalue weighted by molar-refractivity contribution is 7.99. The molecule has 0 radical (unpaired) electrons. The lowest BCUT2D eigenvalue weighted by Gasteiger charge is -2.16. The first-order valence-corrected chi connectivity index (χ1v) is 12.6. The van der Waals surface area contributed by atoms with Gasteiger partial charge in [0.05, 0.1) is 22.3 Å². The molecule has 1 aliphatic heterocycles. The molecule has 4 atom stereocenters. The van der Waals surface area contributed by atoms with Gasteiger partial charge in [0.2, 0.25) is 10.0 Å². The van der Waals surface area contributed by atoms with Gasteiger partial charge in [-0.15, -0.1) is 0 Å². The largest absolute Gasteiger partial charge is 0.387 e. The van der Waals surface area contributed by atoms with Crippen LogP contribution in [-0.4, -0.2) is 79.4 Å². The zero-order valence-electron chi connectivity index (χ0n) is 17.5. The molecule has 1 fully saturated rings. The number of hydrogen-bond acceptors (Lipinski definition) is 12. The van der Waals surface area contributed by atoms with Crippen molar-refractivity contribution in [3.8, 4) is 0 Å². The smallest absolute Gasteiger partial charge is 0.269 e. The van der Waals surface area contributed by atoms with Crippen LogP contribution >= 0.6 is 11.8 Å². The Kier molecular flexibility index (Phi) is 6.96. The van der Waals surface area contributed by atoms with Crippen LogP contribution < -0.4 is 10.5 Å². The van der Waals surface area contributed by atoms with Crippen LogP contribution in [0.1, 0.15) is 6.23 Å². The van der Waals surface area contributed by atoms with Crippen molar-refractivity contribution in [3.63, 3.8) is 0 Å². The van der Waals surface area contributed by atoms with Gasteiger partial charge in [0.1, 0.15) is 24.1 Å². The van der Waals surface area contributed by atoms with Crippen molar-refractivity contribution in [2.75, 3.05) is 23.8 Å². The fraction of sp³-hybridized carbons (Fsp3) is 0.389.